The molecule has 1 heterocycles. The van der Waals surface area contributed by atoms with Crippen molar-refractivity contribution >= 4 is 23.6 Å². The molecule has 1 aliphatic heterocycles. The van der Waals surface area contributed by atoms with Crippen LogP contribution in [0.4, 0.5) is 5.69 Å². The van der Waals surface area contributed by atoms with Gasteiger partial charge in [-0.1, -0.05) is 11.6 Å². The van der Waals surface area contributed by atoms with E-state index in [1.807, 2.05) is 31.0 Å². The van der Waals surface area contributed by atoms with E-state index in [4.69, 9.17) is 21.1 Å². The summed E-state index contributed by atoms with van der Waals surface area (Å²) in [5, 5.41) is 0.641. The van der Waals surface area contributed by atoms with Crippen molar-refractivity contribution in [1.82, 2.24) is 4.90 Å². The molecule has 0 unspecified atom stereocenters. The summed E-state index contributed by atoms with van der Waals surface area (Å²) in [6.45, 7) is 8.86. The summed E-state index contributed by atoms with van der Waals surface area (Å²) in [6.07, 6.45) is 1.80. The molecule has 4 nitrogen and oxygen atoms in total. The number of halogens is 1. The number of aliphatic imine (C=N–C) groups is 1. The second-order valence-corrected chi connectivity index (χ2v) is 5.76. The first-order chi connectivity index (χ1) is 10.0. The van der Waals surface area contributed by atoms with Crippen molar-refractivity contribution in [2.24, 2.45) is 4.99 Å². The van der Waals surface area contributed by atoms with Crippen molar-refractivity contribution in [3.05, 3.63) is 28.3 Å². The van der Waals surface area contributed by atoms with Crippen molar-refractivity contribution in [2.45, 2.75) is 26.4 Å². The van der Waals surface area contributed by atoms with Gasteiger partial charge in [-0.15, -0.1) is 0 Å². The first kappa shape index (κ1) is 16.3. The molecule has 0 radical (unpaired) electrons. The molecule has 0 N–H and O–H groups in total. The predicted octanol–water partition coefficient (Wildman–Crippen LogP) is 3.52. The topological polar surface area (TPSA) is 34.1 Å². The number of aryl methyl sites for hydroxylation is 1. The largest absolute Gasteiger partial charge is 0.375 e. The van der Waals surface area contributed by atoms with E-state index in [-0.39, 0.29) is 5.60 Å². The molecule has 0 bridgehead atoms. The molecule has 5 heteroatoms. The van der Waals surface area contributed by atoms with Crippen LogP contribution in [0.2, 0.25) is 5.02 Å². The fraction of sp³-hybridized carbons (Fsp3) is 0.562. The van der Waals surface area contributed by atoms with Gasteiger partial charge in [0.25, 0.3) is 0 Å². The summed E-state index contributed by atoms with van der Waals surface area (Å²) in [7, 11) is 1.98. The molecular weight excluding hydrogens is 288 g/mol. The number of hydrogen-bond acceptors (Lipinski definition) is 3. The van der Waals surface area contributed by atoms with Crippen LogP contribution in [0.1, 0.15) is 25.0 Å². The Morgan fingerprint density at radius 1 is 1.43 bits per heavy atom. The van der Waals surface area contributed by atoms with E-state index >= 15 is 0 Å². The van der Waals surface area contributed by atoms with E-state index in [1.54, 1.807) is 6.34 Å². The zero-order valence-electron chi connectivity index (χ0n) is 13.1. The highest BCUT2D eigenvalue weighted by atomic mass is 35.5. The van der Waals surface area contributed by atoms with Gasteiger partial charge >= 0.3 is 0 Å². The van der Waals surface area contributed by atoms with Gasteiger partial charge in [0, 0.05) is 20.2 Å². The zero-order chi connectivity index (χ0) is 15.5. The van der Waals surface area contributed by atoms with E-state index in [1.165, 1.54) is 0 Å². The number of ether oxygens (including phenoxy) is 2. The molecule has 21 heavy (non-hydrogen) atoms. The zero-order valence-corrected chi connectivity index (χ0v) is 13.9. The minimum absolute atomic E-state index is 0.342. The van der Waals surface area contributed by atoms with Crippen LogP contribution in [0, 0.1) is 6.92 Å². The fourth-order valence-electron chi connectivity index (χ4n) is 2.38. The maximum absolute atomic E-state index is 6.39. The SMILES string of the molecule is CCOC1(c2cc(Cl)c(N=CN(C)CC)cc2C)COC1. The van der Waals surface area contributed by atoms with Gasteiger partial charge in [-0.25, -0.2) is 4.99 Å². The normalized spacial score (nSPS) is 17.0. The van der Waals surface area contributed by atoms with Crippen molar-refractivity contribution < 1.29 is 9.47 Å². The second-order valence-electron chi connectivity index (χ2n) is 5.36. The summed E-state index contributed by atoms with van der Waals surface area (Å²) in [6, 6.07) is 3.98. The molecule has 0 saturated carbocycles. The molecule has 0 aliphatic carbocycles. The maximum Gasteiger partial charge on any atom is 0.140 e. The molecular formula is C16H23ClN2O2. The van der Waals surface area contributed by atoms with Gasteiger partial charge in [-0.05, 0) is 44.0 Å². The summed E-state index contributed by atoms with van der Waals surface area (Å²) in [4.78, 5) is 6.45. The number of rotatable bonds is 6. The van der Waals surface area contributed by atoms with Gasteiger partial charge in [0.05, 0.1) is 30.3 Å². The molecule has 0 amide bonds. The molecule has 2 rings (SSSR count). The lowest BCUT2D eigenvalue weighted by atomic mass is 9.88. The first-order valence-corrected chi connectivity index (χ1v) is 7.67. The van der Waals surface area contributed by atoms with Crippen LogP contribution in [0.3, 0.4) is 0 Å². The second kappa shape index (κ2) is 6.77. The molecule has 1 fully saturated rings. The van der Waals surface area contributed by atoms with Crippen LogP contribution >= 0.6 is 11.6 Å². The lowest BCUT2D eigenvalue weighted by Crippen LogP contribution is -2.49. The highest BCUT2D eigenvalue weighted by Crippen LogP contribution is 2.39. The lowest BCUT2D eigenvalue weighted by Gasteiger charge is -2.42. The van der Waals surface area contributed by atoms with Crippen molar-refractivity contribution in [3.63, 3.8) is 0 Å². The van der Waals surface area contributed by atoms with Crippen LogP contribution in [0.15, 0.2) is 17.1 Å². The smallest absolute Gasteiger partial charge is 0.140 e. The highest BCUT2D eigenvalue weighted by Gasteiger charge is 2.42. The van der Waals surface area contributed by atoms with Crippen molar-refractivity contribution in [3.8, 4) is 0 Å². The Balaban J connectivity index is 2.31. The van der Waals surface area contributed by atoms with Crippen LogP contribution in [-0.4, -0.2) is 44.7 Å². The standard InChI is InChI=1S/C16H23ClN2O2/c1-5-19(4)11-18-15-7-12(3)13(8-14(15)17)16(21-6-2)9-20-10-16/h7-8,11H,5-6,9-10H2,1-4H3. The van der Waals surface area contributed by atoms with E-state index < -0.39 is 0 Å². The minimum atomic E-state index is -0.342. The van der Waals surface area contributed by atoms with E-state index in [0.717, 1.165) is 23.4 Å². The third kappa shape index (κ3) is 3.39. The Morgan fingerprint density at radius 3 is 2.67 bits per heavy atom. The maximum atomic E-state index is 6.39. The van der Waals surface area contributed by atoms with Gasteiger partial charge < -0.3 is 14.4 Å². The molecule has 0 spiro atoms. The third-order valence-electron chi connectivity index (χ3n) is 3.77. The van der Waals surface area contributed by atoms with Crippen molar-refractivity contribution in [2.75, 3.05) is 33.4 Å². The van der Waals surface area contributed by atoms with Crippen LogP contribution in [0.25, 0.3) is 0 Å². The van der Waals surface area contributed by atoms with Gasteiger partial charge in [-0.3, -0.25) is 0 Å². The minimum Gasteiger partial charge on any atom is -0.375 e. The van der Waals surface area contributed by atoms with E-state index in [0.29, 0.717) is 24.8 Å². The van der Waals surface area contributed by atoms with E-state index in [2.05, 4.69) is 18.8 Å². The van der Waals surface area contributed by atoms with Gasteiger partial charge in [-0.2, -0.15) is 0 Å². The summed E-state index contributed by atoms with van der Waals surface area (Å²) in [5.41, 5.74) is 2.67. The van der Waals surface area contributed by atoms with Crippen LogP contribution in [0.5, 0.6) is 0 Å². The number of nitrogens with zero attached hydrogens (tertiary/aromatic N) is 2. The summed E-state index contributed by atoms with van der Waals surface area (Å²) < 4.78 is 11.3. The Bertz CT molecular complexity index is 527. The molecule has 1 aromatic rings. The van der Waals surface area contributed by atoms with Crippen LogP contribution in [-0.2, 0) is 15.1 Å². The Morgan fingerprint density at radius 2 is 2.14 bits per heavy atom. The molecule has 116 valence electrons. The molecule has 0 atom stereocenters. The quantitative estimate of drug-likeness (QED) is 0.595. The van der Waals surface area contributed by atoms with Crippen LogP contribution < -0.4 is 0 Å². The molecule has 0 aromatic heterocycles. The Labute approximate surface area is 131 Å². The average molecular weight is 311 g/mol. The number of hydrogen-bond donors (Lipinski definition) is 0. The summed E-state index contributed by atoms with van der Waals surface area (Å²) >= 11 is 6.39. The number of benzene rings is 1. The Hall–Kier alpha value is -1.10. The Kier molecular flexibility index (Phi) is 5.25. The summed E-state index contributed by atoms with van der Waals surface area (Å²) in [5.74, 6) is 0. The average Bonchev–Trinajstić information content (AvgIpc) is 2.43. The van der Waals surface area contributed by atoms with Gasteiger partial charge in [0.1, 0.15) is 5.60 Å². The van der Waals surface area contributed by atoms with Gasteiger partial charge in [0.2, 0.25) is 0 Å². The molecule has 1 aromatic carbocycles. The van der Waals surface area contributed by atoms with Gasteiger partial charge in [0.15, 0.2) is 0 Å². The molecule has 1 aliphatic rings. The highest BCUT2D eigenvalue weighted by molar-refractivity contribution is 6.33. The first-order valence-electron chi connectivity index (χ1n) is 7.29. The van der Waals surface area contributed by atoms with E-state index in [9.17, 15) is 0 Å². The lowest BCUT2D eigenvalue weighted by molar-refractivity contribution is -0.214. The third-order valence-corrected chi connectivity index (χ3v) is 4.07. The predicted molar refractivity (Wildman–Crippen MR) is 86.8 cm³/mol. The monoisotopic (exact) mass is 310 g/mol. The van der Waals surface area contributed by atoms with Crippen molar-refractivity contribution in [1.29, 1.82) is 0 Å². The molecule has 1 saturated heterocycles. The fourth-order valence-corrected chi connectivity index (χ4v) is 2.59.